The second-order valence-corrected chi connectivity index (χ2v) is 4.14. The topological polar surface area (TPSA) is 67.5 Å². The number of thioether (sulfide) groups is 1. The minimum atomic E-state index is -0.592. The van der Waals surface area contributed by atoms with E-state index in [9.17, 15) is 4.79 Å². The van der Waals surface area contributed by atoms with E-state index in [0.29, 0.717) is 5.25 Å². The Kier molecular flexibility index (Phi) is 3.40. The minimum absolute atomic E-state index is 0.408. The van der Waals surface area contributed by atoms with Gasteiger partial charge in [-0.25, -0.2) is 10.2 Å². The highest BCUT2D eigenvalue weighted by Crippen LogP contribution is 2.22. The number of carbonyl (C=O) groups is 1. The average molecular weight is 187 g/mol. The van der Waals surface area contributed by atoms with Crippen LogP contribution in [-0.4, -0.2) is 22.7 Å². The Morgan fingerprint density at radius 2 is 2.58 bits per heavy atom. The van der Waals surface area contributed by atoms with Crippen molar-refractivity contribution in [3.05, 3.63) is 0 Å². The van der Waals surface area contributed by atoms with Gasteiger partial charge in [0.25, 0.3) is 0 Å². The average Bonchev–Trinajstić information content (AvgIpc) is 2.03. The normalized spacial score (nSPS) is 27.1. The summed E-state index contributed by atoms with van der Waals surface area (Å²) < 4.78 is 0. The molecule has 1 heterocycles. The first kappa shape index (κ1) is 9.38. The predicted octanol–water partition coefficient (Wildman–Crippen LogP) is 0.926. The quantitative estimate of drug-likeness (QED) is 0.599. The van der Waals surface area contributed by atoms with Crippen LogP contribution in [0.25, 0.3) is 0 Å². The Morgan fingerprint density at radius 1 is 1.83 bits per heavy atom. The molecule has 1 saturated heterocycles. The minimum Gasteiger partial charge on any atom is -0.350 e. The first-order valence-corrected chi connectivity index (χ1v) is 4.98. The molecule has 0 spiro atoms. The molecule has 1 unspecified atom stereocenters. The lowest BCUT2D eigenvalue weighted by atomic mass is 10.2. The van der Waals surface area contributed by atoms with Crippen LogP contribution in [0.1, 0.15) is 19.8 Å². The number of urea groups is 1. The maximum absolute atomic E-state index is 10.3. The summed E-state index contributed by atoms with van der Waals surface area (Å²) in [6, 6.07) is -0.592. The zero-order valence-electron chi connectivity index (χ0n) is 7.04. The summed E-state index contributed by atoms with van der Waals surface area (Å²) in [6.45, 7) is 2.09. The van der Waals surface area contributed by atoms with Gasteiger partial charge in [0.1, 0.15) is 0 Å². The lowest BCUT2D eigenvalue weighted by Gasteiger charge is -2.19. The number of hydrazone groups is 1. The SMILES string of the molecule is CC1SCCCC1=NNC(N)=O. The molecule has 2 amide bonds. The molecule has 1 fully saturated rings. The molecule has 0 aromatic carbocycles. The molecule has 1 atom stereocenters. The summed E-state index contributed by atoms with van der Waals surface area (Å²) in [5.41, 5.74) is 8.18. The fourth-order valence-electron chi connectivity index (χ4n) is 1.09. The zero-order valence-corrected chi connectivity index (χ0v) is 7.86. The lowest BCUT2D eigenvalue weighted by Crippen LogP contribution is -2.29. The fraction of sp³-hybridized carbons (Fsp3) is 0.714. The van der Waals surface area contributed by atoms with Crippen molar-refractivity contribution in [2.75, 3.05) is 5.75 Å². The van der Waals surface area contributed by atoms with Crippen LogP contribution < -0.4 is 11.2 Å². The van der Waals surface area contributed by atoms with E-state index in [1.165, 1.54) is 5.75 Å². The second-order valence-electron chi connectivity index (χ2n) is 2.70. The number of nitrogens with zero attached hydrogens (tertiary/aromatic N) is 1. The molecule has 0 aliphatic carbocycles. The van der Waals surface area contributed by atoms with Gasteiger partial charge in [-0.05, 0) is 25.5 Å². The Hall–Kier alpha value is -0.710. The van der Waals surface area contributed by atoms with E-state index in [2.05, 4.69) is 17.5 Å². The van der Waals surface area contributed by atoms with E-state index >= 15 is 0 Å². The first-order chi connectivity index (χ1) is 5.70. The smallest absolute Gasteiger partial charge is 0.332 e. The number of amides is 2. The first-order valence-electron chi connectivity index (χ1n) is 3.93. The van der Waals surface area contributed by atoms with E-state index in [1.807, 2.05) is 11.8 Å². The van der Waals surface area contributed by atoms with Crippen LogP contribution in [0.2, 0.25) is 0 Å². The second kappa shape index (κ2) is 4.35. The van der Waals surface area contributed by atoms with Gasteiger partial charge in [0.05, 0.1) is 5.71 Å². The molecule has 0 bridgehead atoms. The maximum atomic E-state index is 10.3. The van der Waals surface area contributed by atoms with E-state index < -0.39 is 6.03 Å². The molecule has 0 aromatic heterocycles. The van der Waals surface area contributed by atoms with Gasteiger partial charge in [-0.1, -0.05) is 0 Å². The highest BCUT2D eigenvalue weighted by molar-refractivity contribution is 8.00. The third-order valence-corrected chi connectivity index (χ3v) is 3.02. The van der Waals surface area contributed by atoms with Crippen molar-refractivity contribution >= 4 is 23.5 Å². The molecular weight excluding hydrogens is 174 g/mol. The summed E-state index contributed by atoms with van der Waals surface area (Å²) in [4.78, 5) is 10.3. The molecule has 68 valence electrons. The number of rotatable bonds is 1. The molecular formula is C7H13N3OS. The highest BCUT2D eigenvalue weighted by atomic mass is 32.2. The molecule has 12 heavy (non-hydrogen) atoms. The fourth-order valence-corrected chi connectivity index (χ4v) is 2.11. The number of carbonyl (C=O) groups excluding carboxylic acids is 1. The van der Waals surface area contributed by atoms with Crippen LogP contribution in [0.5, 0.6) is 0 Å². The maximum Gasteiger partial charge on any atom is 0.332 e. The Bertz CT molecular complexity index is 205. The number of primary amides is 1. The van der Waals surface area contributed by atoms with E-state index in [-0.39, 0.29) is 0 Å². The molecule has 0 radical (unpaired) electrons. The van der Waals surface area contributed by atoms with Crippen LogP contribution in [-0.2, 0) is 0 Å². The molecule has 1 aliphatic heterocycles. The molecule has 1 rings (SSSR count). The van der Waals surface area contributed by atoms with Crippen molar-refractivity contribution in [3.63, 3.8) is 0 Å². The van der Waals surface area contributed by atoms with Crippen molar-refractivity contribution in [3.8, 4) is 0 Å². The monoisotopic (exact) mass is 187 g/mol. The van der Waals surface area contributed by atoms with Gasteiger partial charge in [0, 0.05) is 5.25 Å². The predicted molar refractivity (Wildman–Crippen MR) is 51.3 cm³/mol. The summed E-state index contributed by atoms with van der Waals surface area (Å²) in [6.07, 6.45) is 2.10. The van der Waals surface area contributed by atoms with E-state index in [0.717, 1.165) is 18.6 Å². The van der Waals surface area contributed by atoms with Gasteiger partial charge in [0.15, 0.2) is 0 Å². The number of hydrogen-bond acceptors (Lipinski definition) is 3. The standard InChI is InChI=1S/C7H13N3OS/c1-5-6(3-2-4-12-5)9-10-7(8)11/h5H,2-4H2,1H3,(H3,8,10,11). The number of hydrogen-bond donors (Lipinski definition) is 2. The largest absolute Gasteiger partial charge is 0.350 e. The molecule has 0 aromatic rings. The Labute approximate surface area is 76.0 Å². The molecule has 4 nitrogen and oxygen atoms in total. The summed E-state index contributed by atoms with van der Waals surface area (Å²) in [7, 11) is 0. The highest BCUT2D eigenvalue weighted by Gasteiger charge is 2.16. The van der Waals surface area contributed by atoms with Gasteiger partial charge in [-0.3, -0.25) is 0 Å². The Balaban J connectivity index is 2.47. The van der Waals surface area contributed by atoms with Gasteiger partial charge in [0.2, 0.25) is 0 Å². The number of nitrogens with one attached hydrogen (secondary N) is 1. The van der Waals surface area contributed by atoms with Crippen molar-refractivity contribution in [2.45, 2.75) is 25.0 Å². The lowest BCUT2D eigenvalue weighted by molar-refractivity contribution is 0.249. The van der Waals surface area contributed by atoms with Crippen LogP contribution in [0.15, 0.2) is 5.10 Å². The van der Waals surface area contributed by atoms with Crippen LogP contribution in [0.3, 0.4) is 0 Å². The zero-order chi connectivity index (χ0) is 8.97. The van der Waals surface area contributed by atoms with E-state index in [1.54, 1.807) is 0 Å². The molecule has 5 heteroatoms. The summed E-state index contributed by atoms with van der Waals surface area (Å²) in [5, 5.41) is 4.34. The third kappa shape index (κ3) is 2.73. The summed E-state index contributed by atoms with van der Waals surface area (Å²) >= 11 is 1.85. The number of nitrogens with two attached hydrogens (primary N) is 1. The van der Waals surface area contributed by atoms with Gasteiger partial charge in [-0.2, -0.15) is 16.9 Å². The van der Waals surface area contributed by atoms with Crippen molar-refractivity contribution in [2.24, 2.45) is 10.8 Å². The Morgan fingerprint density at radius 3 is 3.17 bits per heavy atom. The van der Waals surface area contributed by atoms with E-state index in [4.69, 9.17) is 5.73 Å². The van der Waals surface area contributed by atoms with Crippen molar-refractivity contribution in [1.29, 1.82) is 0 Å². The molecule has 0 saturated carbocycles. The van der Waals surface area contributed by atoms with Crippen molar-refractivity contribution < 1.29 is 4.79 Å². The summed E-state index contributed by atoms with van der Waals surface area (Å²) in [5.74, 6) is 1.18. The van der Waals surface area contributed by atoms with Gasteiger partial charge >= 0.3 is 6.03 Å². The molecule has 3 N–H and O–H groups in total. The molecule has 1 aliphatic rings. The van der Waals surface area contributed by atoms with Gasteiger partial charge < -0.3 is 5.73 Å². The van der Waals surface area contributed by atoms with Crippen LogP contribution >= 0.6 is 11.8 Å². The van der Waals surface area contributed by atoms with Crippen LogP contribution in [0.4, 0.5) is 4.79 Å². The van der Waals surface area contributed by atoms with Crippen LogP contribution in [0, 0.1) is 0 Å². The third-order valence-electron chi connectivity index (χ3n) is 1.72. The van der Waals surface area contributed by atoms with Crippen molar-refractivity contribution in [1.82, 2.24) is 5.43 Å². The van der Waals surface area contributed by atoms with Gasteiger partial charge in [-0.15, -0.1) is 0 Å².